The summed E-state index contributed by atoms with van der Waals surface area (Å²) in [5.41, 5.74) is 12.0. The van der Waals surface area contributed by atoms with Crippen LogP contribution in [0.3, 0.4) is 0 Å². The van der Waals surface area contributed by atoms with Gasteiger partial charge in [-0.1, -0.05) is 135 Å². The molecule has 2 heterocycles. The number of para-hydroxylation sites is 2. The van der Waals surface area contributed by atoms with Gasteiger partial charge in [-0.05, 0) is 70.8 Å². The maximum Gasteiger partial charge on any atom is 0.0622 e. The van der Waals surface area contributed by atoms with Crippen molar-refractivity contribution in [1.29, 1.82) is 0 Å². The number of anilines is 3. The molecule has 0 N–H and O–H groups in total. The summed E-state index contributed by atoms with van der Waals surface area (Å²) < 4.78 is 2.44. The molecule has 0 saturated heterocycles. The Morgan fingerprint density at radius 1 is 0.348 bits per heavy atom. The maximum atomic E-state index is 2.44. The summed E-state index contributed by atoms with van der Waals surface area (Å²) in [5, 5.41) is 5.10. The topological polar surface area (TPSA) is 7.65 Å². The second kappa shape index (κ2) is 11.6. The molecule has 0 aliphatic heterocycles. The van der Waals surface area contributed by atoms with Gasteiger partial charge in [0, 0.05) is 38.6 Å². The Morgan fingerprint density at radius 3 is 1.15 bits per heavy atom. The van der Waals surface area contributed by atoms with Gasteiger partial charge in [-0.15, -0.1) is 0 Å². The lowest BCUT2D eigenvalue weighted by Gasteiger charge is -2.26. The van der Waals surface area contributed by atoms with E-state index in [9.17, 15) is 0 Å². The molecule has 9 rings (SSSR count). The van der Waals surface area contributed by atoms with Gasteiger partial charge in [0.15, 0.2) is 0 Å². The SMILES string of the molecule is CC.c1ccc(-c2ccc(N(c3ccc(-c4ccccc4)cc3)c3cc4c5ccccc5n5c6ccccc6c(c3)c45)cc2)cc1. The Bertz CT molecular complexity index is 2240. The van der Waals surface area contributed by atoms with Crippen molar-refractivity contribution in [3.63, 3.8) is 0 Å². The molecule has 46 heavy (non-hydrogen) atoms. The minimum absolute atomic E-state index is 1.12. The quantitative estimate of drug-likeness (QED) is 0.193. The van der Waals surface area contributed by atoms with E-state index < -0.39 is 0 Å². The molecule has 7 aromatic carbocycles. The van der Waals surface area contributed by atoms with Crippen molar-refractivity contribution >= 4 is 55.2 Å². The Labute approximate surface area is 269 Å². The van der Waals surface area contributed by atoms with Crippen molar-refractivity contribution in [2.24, 2.45) is 0 Å². The van der Waals surface area contributed by atoms with Gasteiger partial charge >= 0.3 is 0 Å². The van der Waals surface area contributed by atoms with Crippen molar-refractivity contribution in [3.8, 4) is 22.3 Å². The van der Waals surface area contributed by atoms with E-state index in [1.807, 2.05) is 13.8 Å². The van der Waals surface area contributed by atoms with Gasteiger partial charge in [0.2, 0.25) is 0 Å². The second-order valence-electron chi connectivity index (χ2n) is 11.4. The average molecular weight is 591 g/mol. The van der Waals surface area contributed by atoms with Crippen LogP contribution in [0.15, 0.2) is 170 Å². The largest absolute Gasteiger partial charge is 0.310 e. The van der Waals surface area contributed by atoms with E-state index in [2.05, 4.69) is 179 Å². The number of rotatable bonds is 5. The summed E-state index contributed by atoms with van der Waals surface area (Å²) in [4.78, 5) is 2.40. The predicted octanol–water partition coefficient (Wildman–Crippen LogP) is 12.7. The zero-order valence-electron chi connectivity index (χ0n) is 26.1. The lowest BCUT2D eigenvalue weighted by atomic mass is 10.0. The van der Waals surface area contributed by atoms with Gasteiger partial charge in [-0.25, -0.2) is 0 Å². The molecule has 0 atom stereocenters. The summed E-state index contributed by atoms with van der Waals surface area (Å²) in [7, 11) is 0. The molecule has 9 aromatic rings. The summed E-state index contributed by atoms with van der Waals surface area (Å²) in [6.07, 6.45) is 0. The molecule has 220 valence electrons. The second-order valence-corrected chi connectivity index (χ2v) is 11.4. The van der Waals surface area contributed by atoms with Crippen LogP contribution < -0.4 is 4.90 Å². The molecular formula is C44H34N2. The molecule has 0 aliphatic rings. The Hall–Kier alpha value is -5.86. The molecule has 2 heteroatoms. The van der Waals surface area contributed by atoms with Crippen LogP contribution in [0.25, 0.3) is 60.3 Å². The zero-order chi connectivity index (χ0) is 31.0. The molecule has 0 fully saturated rings. The highest BCUT2D eigenvalue weighted by Crippen LogP contribution is 2.44. The van der Waals surface area contributed by atoms with Crippen LogP contribution in [0.1, 0.15) is 13.8 Å². The Morgan fingerprint density at radius 2 is 0.717 bits per heavy atom. The molecule has 0 aliphatic carbocycles. The average Bonchev–Trinajstić information content (AvgIpc) is 3.66. The number of aromatic nitrogens is 1. The standard InChI is InChI=1S/C42H28N2.C2H6/c1-3-11-29(12-4-1)31-19-23-33(24-20-31)43(34-25-21-32(22-26-34)30-13-5-2-6-14-30)35-27-38-36-15-7-9-17-40(36)44-41-18-10-8-16-37(41)39(28-35)42(38)44;1-2/h1-28H;1-2H3. The first-order chi connectivity index (χ1) is 22.8. The third kappa shape index (κ3) is 4.50. The summed E-state index contributed by atoms with van der Waals surface area (Å²) in [6, 6.07) is 61.4. The minimum atomic E-state index is 1.12. The van der Waals surface area contributed by atoms with E-state index in [1.54, 1.807) is 0 Å². The summed E-state index contributed by atoms with van der Waals surface area (Å²) in [5.74, 6) is 0. The van der Waals surface area contributed by atoms with Crippen LogP contribution in [0.4, 0.5) is 17.1 Å². The number of benzene rings is 7. The molecule has 0 spiro atoms. The van der Waals surface area contributed by atoms with Crippen LogP contribution in [-0.4, -0.2) is 4.40 Å². The minimum Gasteiger partial charge on any atom is -0.310 e. The summed E-state index contributed by atoms with van der Waals surface area (Å²) >= 11 is 0. The number of hydrogen-bond acceptors (Lipinski definition) is 1. The first kappa shape index (κ1) is 27.7. The van der Waals surface area contributed by atoms with Crippen molar-refractivity contribution in [2.75, 3.05) is 4.90 Å². The zero-order valence-corrected chi connectivity index (χ0v) is 26.1. The van der Waals surface area contributed by atoms with E-state index in [1.165, 1.54) is 60.3 Å². The van der Waals surface area contributed by atoms with Crippen LogP contribution in [0.2, 0.25) is 0 Å². The first-order valence-electron chi connectivity index (χ1n) is 16.1. The number of nitrogens with zero attached hydrogens (tertiary/aromatic N) is 2. The van der Waals surface area contributed by atoms with E-state index >= 15 is 0 Å². The normalized spacial score (nSPS) is 11.3. The highest BCUT2D eigenvalue weighted by atomic mass is 15.1. The van der Waals surface area contributed by atoms with Crippen molar-refractivity contribution < 1.29 is 0 Å². The van der Waals surface area contributed by atoms with E-state index in [0.717, 1.165) is 17.1 Å². The lowest BCUT2D eigenvalue weighted by Crippen LogP contribution is -2.10. The van der Waals surface area contributed by atoms with Crippen LogP contribution in [0, 0.1) is 0 Å². The molecule has 0 bridgehead atoms. The van der Waals surface area contributed by atoms with Gasteiger partial charge in [0.25, 0.3) is 0 Å². The third-order valence-electron chi connectivity index (χ3n) is 8.91. The van der Waals surface area contributed by atoms with Crippen LogP contribution in [-0.2, 0) is 0 Å². The monoisotopic (exact) mass is 590 g/mol. The van der Waals surface area contributed by atoms with Crippen LogP contribution in [0.5, 0.6) is 0 Å². The molecule has 0 saturated carbocycles. The molecule has 2 nitrogen and oxygen atoms in total. The lowest BCUT2D eigenvalue weighted by molar-refractivity contribution is 1.29. The highest BCUT2D eigenvalue weighted by molar-refractivity contribution is 6.24. The van der Waals surface area contributed by atoms with Gasteiger partial charge < -0.3 is 9.30 Å². The fourth-order valence-electron chi connectivity index (χ4n) is 6.88. The third-order valence-corrected chi connectivity index (χ3v) is 8.91. The van der Waals surface area contributed by atoms with Crippen molar-refractivity contribution in [3.05, 3.63) is 170 Å². The predicted molar refractivity (Wildman–Crippen MR) is 198 cm³/mol. The highest BCUT2D eigenvalue weighted by Gasteiger charge is 2.21. The smallest absolute Gasteiger partial charge is 0.0622 e. The molecule has 0 radical (unpaired) electrons. The van der Waals surface area contributed by atoms with Crippen LogP contribution >= 0.6 is 0 Å². The summed E-state index contributed by atoms with van der Waals surface area (Å²) in [6.45, 7) is 4.00. The number of hydrogen-bond donors (Lipinski definition) is 0. The fraction of sp³-hybridized carbons (Fsp3) is 0.0455. The van der Waals surface area contributed by atoms with E-state index in [4.69, 9.17) is 0 Å². The molecular weight excluding hydrogens is 556 g/mol. The maximum absolute atomic E-state index is 2.44. The first-order valence-corrected chi connectivity index (χ1v) is 16.1. The van der Waals surface area contributed by atoms with E-state index in [-0.39, 0.29) is 0 Å². The molecule has 2 aromatic heterocycles. The fourth-order valence-corrected chi connectivity index (χ4v) is 6.88. The van der Waals surface area contributed by atoms with Crippen molar-refractivity contribution in [2.45, 2.75) is 13.8 Å². The van der Waals surface area contributed by atoms with Gasteiger partial charge in [-0.2, -0.15) is 0 Å². The van der Waals surface area contributed by atoms with Gasteiger partial charge in [-0.3, -0.25) is 0 Å². The van der Waals surface area contributed by atoms with Crippen molar-refractivity contribution in [1.82, 2.24) is 4.40 Å². The molecule has 0 unspecified atom stereocenters. The number of fused-ring (bicyclic) bond motifs is 6. The Balaban J connectivity index is 0.00000153. The molecule has 0 amide bonds. The van der Waals surface area contributed by atoms with Gasteiger partial charge in [0.1, 0.15) is 0 Å². The van der Waals surface area contributed by atoms with E-state index in [0.29, 0.717) is 0 Å². The Kier molecular flexibility index (Phi) is 6.96. The van der Waals surface area contributed by atoms with Gasteiger partial charge in [0.05, 0.1) is 16.6 Å².